The standard InChI is InChI=1S/C23H23ClN2O3S/c1-16-4-10-22(11-5-16)30(28,29)26(21-13-17(2)12-18(3)14-21)15-23(27)25-20-8-6-19(24)7-9-20/h4-14H,15H2,1-3H3,(H,25,27). The zero-order chi connectivity index (χ0) is 21.9. The van der Waals surface area contributed by atoms with Crippen molar-refractivity contribution in [1.29, 1.82) is 0 Å². The number of benzene rings is 3. The summed E-state index contributed by atoms with van der Waals surface area (Å²) in [5.74, 6) is -0.452. The number of hydrogen-bond donors (Lipinski definition) is 1. The van der Waals surface area contributed by atoms with Crippen LogP contribution < -0.4 is 9.62 Å². The monoisotopic (exact) mass is 442 g/mol. The lowest BCUT2D eigenvalue weighted by atomic mass is 10.1. The molecule has 0 radical (unpaired) electrons. The van der Waals surface area contributed by atoms with Gasteiger partial charge in [0, 0.05) is 10.7 Å². The maximum atomic E-state index is 13.4. The summed E-state index contributed by atoms with van der Waals surface area (Å²) in [4.78, 5) is 12.9. The normalized spacial score (nSPS) is 11.2. The molecular weight excluding hydrogens is 420 g/mol. The van der Waals surface area contributed by atoms with E-state index in [0.29, 0.717) is 16.4 Å². The SMILES string of the molecule is Cc1ccc(S(=O)(=O)N(CC(=O)Nc2ccc(Cl)cc2)c2cc(C)cc(C)c2)cc1. The summed E-state index contributed by atoms with van der Waals surface area (Å²) < 4.78 is 28.0. The number of sulfonamides is 1. The predicted molar refractivity (Wildman–Crippen MR) is 122 cm³/mol. The third-order valence-corrected chi connectivity index (χ3v) is 6.56. The average molecular weight is 443 g/mol. The van der Waals surface area contributed by atoms with Crippen LogP contribution in [-0.4, -0.2) is 20.9 Å². The second kappa shape index (κ2) is 8.90. The van der Waals surface area contributed by atoms with E-state index in [1.165, 1.54) is 0 Å². The highest BCUT2D eigenvalue weighted by molar-refractivity contribution is 7.92. The molecule has 0 aromatic heterocycles. The van der Waals surface area contributed by atoms with E-state index in [2.05, 4.69) is 5.32 Å². The molecule has 0 bridgehead atoms. The first-order chi connectivity index (χ1) is 14.1. The second-order valence-corrected chi connectivity index (χ2v) is 9.52. The smallest absolute Gasteiger partial charge is 0.264 e. The van der Waals surface area contributed by atoms with E-state index < -0.39 is 15.9 Å². The van der Waals surface area contributed by atoms with Gasteiger partial charge in [0.2, 0.25) is 5.91 Å². The molecule has 0 atom stereocenters. The Morgan fingerprint density at radius 1 is 0.867 bits per heavy atom. The van der Waals surface area contributed by atoms with Gasteiger partial charge in [-0.1, -0.05) is 35.4 Å². The number of halogens is 1. The lowest BCUT2D eigenvalue weighted by molar-refractivity contribution is -0.114. The quantitative estimate of drug-likeness (QED) is 0.577. The lowest BCUT2D eigenvalue weighted by Gasteiger charge is -2.25. The molecule has 0 unspecified atom stereocenters. The van der Waals surface area contributed by atoms with Crippen LogP contribution in [0.5, 0.6) is 0 Å². The zero-order valence-corrected chi connectivity index (χ0v) is 18.6. The third kappa shape index (κ3) is 5.20. The van der Waals surface area contributed by atoms with E-state index >= 15 is 0 Å². The number of nitrogens with zero attached hydrogens (tertiary/aromatic N) is 1. The second-order valence-electron chi connectivity index (χ2n) is 7.23. The number of hydrogen-bond acceptors (Lipinski definition) is 3. The van der Waals surface area contributed by atoms with E-state index in [4.69, 9.17) is 11.6 Å². The van der Waals surface area contributed by atoms with Crippen LogP contribution in [0.1, 0.15) is 16.7 Å². The Morgan fingerprint density at radius 3 is 2.00 bits per heavy atom. The Hall–Kier alpha value is -2.83. The van der Waals surface area contributed by atoms with Crippen molar-refractivity contribution in [3.05, 3.63) is 88.4 Å². The van der Waals surface area contributed by atoms with Gasteiger partial charge in [0.05, 0.1) is 10.6 Å². The van der Waals surface area contributed by atoms with E-state index in [0.717, 1.165) is 21.0 Å². The van der Waals surface area contributed by atoms with Crippen molar-refractivity contribution in [2.75, 3.05) is 16.2 Å². The number of amides is 1. The van der Waals surface area contributed by atoms with Crippen LogP contribution >= 0.6 is 11.6 Å². The molecule has 0 aliphatic carbocycles. The highest BCUT2D eigenvalue weighted by Crippen LogP contribution is 2.26. The van der Waals surface area contributed by atoms with Gasteiger partial charge in [-0.2, -0.15) is 0 Å². The summed E-state index contributed by atoms with van der Waals surface area (Å²) in [6.45, 7) is 5.31. The van der Waals surface area contributed by atoms with Gasteiger partial charge in [-0.05, 0) is 80.4 Å². The molecule has 7 heteroatoms. The maximum absolute atomic E-state index is 13.4. The minimum atomic E-state index is -3.95. The highest BCUT2D eigenvalue weighted by Gasteiger charge is 2.27. The third-order valence-electron chi connectivity index (χ3n) is 4.52. The van der Waals surface area contributed by atoms with E-state index in [9.17, 15) is 13.2 Å². The number of nitrogens with one attached hydrogen (secondary N) is 1. The molecule has 5 nitrogen and oxygen atoms in total. The first-order valence-electron chi connectivity index (χ1n) is 9.38. The molecule has 0 spiro atoms. The van der Waals surface area contributed by atoms with Crippen molar-refractivity contribution in [3.63, 3.8) is 0 Å². The van der Waals surface area contributed by atoms with Gasteiger partial charge in [-0.25, -0.2) is 8.42 Å². The molecule has 3 rings (SSSR count). The first kappa shape index (κ1) is 21.9. The highest BCUT2D eigenvalue weighted by atomic mass is 35.5. The van der Waals surface area contributed by atoms with Crippen LogP contribution in [0.4, 0.5) is 11.4 Å². The summed E-state index contributed by atoms with van der Waals surface area (Å²) in [6.07, 6.45) is 0. The van der Waals surface area contributed by atoms with Gasteiger partial charge in [0.15, 0.2) is 0 Å². The van der Waals surface area contributed by atoms with Gasteiger partial charge in [-0.15, -0.1) is 0 Å². The van der Waals surface area contributed by atoms with Crippen LogP contribution in [-0.2, 0) is 14.8 Å². The Balaban J connectivity index is 1.97. The molecule has 0 heterocycles. The Morgan fingerprint density at radius 2 is 1.43 bits per heavy atom. The predicted octanol–water partition coefficient (Wildman–Crippen LogP) is 5.10. The molecule has 3 aromatic rings. The summed E-state index contributed by atoms with van der Waals surface area (Å²) in [6, 6.07) is 18.7. The number of aryl methyl sites for hydroxylation is 3. The van der Waals surface area contributed by atoms with Gasteiger partial charge in [-0.3, -0.25) is 9.10 Å². The molecule has 156 valence electrons. The van der Waals surface area contributed by atoms with Gasteiger partial charge < -0.3 is 5.32 Å². The summed E-state index contributed by atoms with van der Waals surface area (Å²) in [5.41, 5.74) is 3.75. The van der Waals surface area contributed by atoms with Gasteiger partial charge in [0.25, 0.3) is 10.0 Å². The Bertz CT molecular complexity index is 1140. The van der Waals surface area contributed by atoms with Crippen LogP contribution in [0, 0.1) is 20.8 Å². The molecule has 0 aliphatic heterocycles. The van der Waals surface area contributed by atoms with Crippen LogP contribution in [0.2, 0.25) is 5.02 Å². The number of carbonyl (C=O) groups excluding carboxylic acids is 1. The fourth-order valence-corrected chi connectivity index (χ4v) is 4.64. The fraction of sp³-hybridized carbons (Fsp3) is 0.174. The summed E-state index contributed by atoms with van der Waals surface area (Å²) >= 11 is 5.88. The van der Waals surface area contributed by atoms with E-state index in [1.807, 2.05) is 26.8 Å². The fourth-order valence-electron chi connectivity index (χ4n) is 3.11. The number of anilines is 2. The van der Waals surface area contributed by atoms with Crippen molar-refractivity contribution >= 4 is 38.9 Å². The molecule has 1 N–H and O–H groups in total. The molecule has 1 amide bonds. The molecule has 0 fully saturated rings. The van der Waals surface area contributed by atoms with Crippen molar-refractivity contribution in [2.24, 2.45) is 0 Å². The van der Waals surface area contributed by atoms with Crippen LogP contribution in [0.25, 0.3) is 0 Å². The average Bonchev–Trinajstić information content (AvgIpc) is 2.67. The first-order valence-corrected chi connectivity index (χ1v) is 11.2. The van der Waals surface area contributed by atoms with Crippen LogP contribution in [0.3, 0.4) is 0 Å². The van der Waals surface area contributed by atoms with E-state index in [-0.39, 0.29) is 11.4 Å². The maximum Gasteiger partial charge on any atom is 0.264 e. The lowest BCUT2D eigenvalue weighted by Crippen LogP contribution is -2.38. The van der Waals surface area contributed by atoms with Gasteiger partial charge >= 0.3 is 0 Å². The van der Waals surface area contributed by atoms with Gasteiger partial charge in [0.1, 0.15) is 6.54 Å². The zero-order valence-electron chi connectivity index (χ0n) is 17.0. The van der Waals surface area contributed by atoms with Crippen molar-refractivity contribution < 1.29 is 13.2 Å². The van der Waals surface area contributed by atoms with E-state index in [1.54, 1.807) is 60.7 Å². The Kier molecular flexibility index (Phi) is 6.48. The summed E-state index contributed by atoms with van der Waals surface area (Å²) in [5, 5.41) is 3.28. The molecule has 0 aliphatic rings. The molecule has 0 saturated heterocycles. The molecule has 3 aromatic carbocycles. The minimum absolute atomic E-state index is 0.131. The molecular formula is C23H23ClN2O3S. The van der Waals surface area contributed by atoms with Crippen molar-refractivity contribution in [1.82, 2.24) is 0 Å². The Labute approximate surface area is 182 Å². The van der Waals surface area contributed by atoms with Crippen molar-refractivity contribution in [2.45, 2.75) is 25.7 Å². The summed E-state index contributed by atoms with van der Waals surface area (Å²) in [7, 11) is -3.95. The number of rotatable bonds is 6. The minimum Gasteiger partial charge on any atom is -0.325 e. The molecule has 30 heavy (non-hydrogen) atoms. The largest absolute Gasteiger partial charge is 0.325 e. The number of carbonyl (C=O) groups is 1. The van der Waals surface area contributed by atoms with Crippen molar-refractivity contribution in [3.8, 4) is 0 Å². The van der Waals surface area contributed by atoms with Crippen LogP contribution in [0.15, 0.2) is 71.6 Å². The topological polar surface area (TPSA) is 66.5 Å². The molecule has 0 saturated carbocycles.